The van der Waals surface area contributed by atoms with Crippen LogP contribution in [0.2, 0.25) is 0 Å². The quantitative estimate of drug-likeness (QED) is 0.589. The topological polar surface area (TPSA) is 55.8 Å². The molecule has 1 fully saturated rings. The number of fused-ring (bicyclic) bond motifs is 1. The van der Waals surface area contributed by atoms with E-state index in [0.29, 0.717) is 24.7 Å². The summed E-state index contributed by atoms with van der Waals surface area (Å²) in [4.78, 5) is 31.9. The maximum Gasteiger partial charge on any atom is 0.259 e. The van der Waals surface area contributed by atoms with Crippen LogP contribution in [0.3, 0.4) is 0 Å². The highest BCUT2D eigenvalue weighted by Gasteiger charge is 2.35. The third kappa shape index (κ3) is 4.39. The number of aromatic nitrogens is 2. The highest BCUT2D eigenvalue weighted by molar-refractivity contribution is 5.95. The third-order valence-electron chi connectivity index (χ3n) is 6.60. The Labute approximate surface area is 200 Å². The summed E-state index contributed by atoms with van der Waals surface area (Å²) in [5, 5.41) is 0. The smallest absolute Gasteiger partial charge is 0.259 e. The molecule has 1 aromatic heterocycles. The molecule has 1 saturated heterocycles. The van der Waals surface area contributed by atoms with Crippen molar-refractivity contribution in [2.45, 2.75) is 12.6 Å². The van der Waals surface area contributed by atoms with Gasteiger partial charge in [-0.2, -0.15) is 0 Å². The fourth-order valence-electron chi connectivity index (χ4n) is 4.66. The lowest BCUT2D eigenvalue weighted by Gasteiger charge is -2.34. The second-order valence-electron chi connectivity index (χ2n) is 8.90. The van der Waals surface area contributed by atoms with Gasteiger partial charge in [-0.25, -0.2) is 9.97 Å². The number of rotatable bonds is 5. The summed E-state index contributed by atoms with van der Waals surface area (Å²) in [6.07, 6.45) is 3.54. The molecule has 3 heterocycles. The molecule has 34 heavy (non-hydrogen) atoms. The lowest BCUT2D eigenvalue weighted by molar-refractivity contribution is 0.0661. The van der Waals surface area contributed by atoms with E-state index in [9.17, 15) is 4.79 Å². The van der Waals surface area contributed by atoms with Gasteiger partial charge in [0, 0.05) is 38.9 Å². The van der Waals surface area contributed by atoms with E-state index < -0.39 is 0 Å². The van der Waals surface area contributed by atoms with Crippen LogP contribution in [0.1, 0.15) is 33.2 Å². The van der Waals surface area contributed by atoms with E-state index in [0.717, 1.165) is 43.0 Å². The Balaban J connectivity index is 1.59. The molecule has 7 nitrogen and oxygen atoms in total. The van der Waals surface area contributed by atoms with Crippen LogP contribution in [0.5, 0.6) is 0 Å². The maximum absolute atomic E-state index is 13.8. The fraction of sp³-hybridized carbons (Fsp3) is 0.296. The average molecular weight is 455 g/mol. The van der Waals surface area contributed by atoms with E-state index in [-0.39, 0.29) is 11.9 Å². The number of likely N-dealkylation sites (N-methyl/N-ethyl adjacent to an activating group) is 1. The zero-order chi connectivity index (χ0) is 23.5. The molecule has 2 aliphatic heterocycles. The number of carbonyl (C=O) groups is 1. The monoisotopic (exact) mass is 454 g/mol. The molecule has 0 bridgehead atoms. The van der Waals surface area contributed by atoms with Crippen molar-refractivity contribution in [1.82, 2.24) is 24.7 Å². The van der Waals surface area contributed by atoms with Gasteiger partial charge in [0.1, 0.15) is 0 Å². The zero-order valence-corrected chi connectivity index (χ0v) is 19.5. The molecule has 0 unspecified atom stereocenters. The molecular formula is C27H30N6O. The van der Waals surface area contributed by atoms with E-state index in [1.807, 2.05) is 59.6 Å². The van der Waals surface area contributed by atoms with Crippen molar-refractivity contribution >= 4 is 11.9 Å². The largest absolute Gasteiger partial charge is 0.348 e. The third-order valence-corrected chi connectivity index (χ3v) is 6.60. The van der Waals surface area contributed by atoms with Gasteiger partial charge >= 0.3 is 0 Å². The maximum atomic E-state index is 13.8. The molecule has 0 aliphatic carbocycles. The van der Waals surface area contributed by atoms with Gasteiger partial charge in [-0.15, -0.1) is 0 Å². The summed E-state index contributed by atoms with van der Waals surface area (Å²) in [5.41, 5.74) is 3.43. The standard InChI is InChI=1S/C27H30N6O/c1-3-31-20-33(19-21-10-6-4-7-11-21)26(34)23-18-28-27(32-16-14-30(2)15-17-32)29-24(23)25(31)22-12-8-5-9-13-22/h3-13,18,25H,1,14-17,19-20H2,2H3/t25-/m0/s1. The molecule has 0 spiro atoms. The SMILES string of the molecule is C=CN1CN(Cc2ccccc2)C(=O)c2cnc(N3CCN(C)CC3)nc2[C@@H]1c1ccccc1. The van der Waals surface area contributed by atoms with Crippen molar-refractivity contribution < 1.29 is 4.79 Å². The molecular weight excluding hydrogens is 424 g/mol. The van der Waals surface area contributed by atoms with Gasteiger partial charge < -0.3 is 19.6 Å². The number of hydrogen-bond acceptors (Lipinski definition) is 6. The Bertz CT molecular complexity index is 1140. The molecule has 5 rings (SSSR count). The van der Waals surface area contributed by atoms with Crippen LogP contribution in [0.4, 0.5) is 5.95 Å². The zero-order valence-electron chi connectivity index (χ0n) is 19.5. The Kier molecular flexibility index (Phi) is 6.27. The van der Waals surface area contributed by atoms with Crippen LogP contribution in [0.15, 0.2) is 79.6 Å². The van der Waals surface area contributed by atoms with Crippen molar-refractivity contribution in [2.24, 2.45) is 0 Å². The molecule has 2 aliphatic rings. The average Bonchev–Trinajstić information content (AvgIpc) is 2.99. The molecule has 174 valence electrons. The Morgan fingerprint density at radius 2 is 1.68 bits per heavy atom. The van der Waals surface area contributed by atoms with Gasteiger partial charge in [-0.3, -0.25) is 4.79 Å². The molecule has 2 aromatic carbocycles. The van der Waals surface area contributed by atoms with Crippen LogP contribution < -0.4 is 4.90 Å². The van der Waals surface area contributed by atoms with Crippen molar-refractivity contribution in [3.8, 4) is 0 Å². The number of nitrogens with zero attached hydrogens (tertiary/aromatic N) is 6. The summed E-state index contributed by atoms with van der Waals surface area (Å²) in [6.45, 7) is 8.67. The van der Waals surface area contributed by atoms with Gasteiger partial charge in [0.05, 0.1) is 24.0 Å². The van der Waals surface area contributed by atoms with E-state index >= 15 is 0 Å². The highest BCUT2D eigenvalue weighted by Crippen LogP contribution is 2.34. The first-order valence-electron chi connectivity index (χ1n) is 11.7. The number of carbonyl (C=O) groups excluding carboxylic acids is 1. The fourth-order valence-corrected chi connectivity index (χ4v) is 4.66. The number of hydrogen-bond donors (Lipinski definition) is 0. The van der Waals surface area contributed by atoms with Crippen molar-refractivity contribution in [3.63, 3.8) is 0 Å². The second kappa shape index (κ2) is 9.65. The first-order chi connectivity index (χ1) is 16.6. The normalized spacial score (nSPS) is 19.0. The van der Waals surface area contributed by atoms with Crippen LogP contribution >= 0.6 is 0 Å². The van der Waals surface area contributed by atoms with Crippen molar-refractivity contribution in [3.05, 3.63) is 102 Å². The van der Waals surface area contributed by atoms with Crippen molar-refractivity contribution in [2.75, 3.05) is 44.8 Å². The number of piperazine rings is 1. The summed E-state index contributed by atoms with van der Waals surface area (Å²) in [5.74, 6) is 0.621. The second-order valence-corrected chi connectivity index (χ2v) is 8.90. The Hall–Kier alpha value is -3.71. The Morgan fingerprint density at radius 3 is 2.35 bits per heavy atom. The summed E-state index contributed by atoms with van der Waals surface area (Å²) in [6, 6.07) is 20.0. The molecule has 3 aromatic rings. The molecule has 7 heteroatoms. The minimum atomic E-state index is -0.229. The van der Waals surface area contributed by atoms with E-state index in [4.69, 9.17) is 4.98 Å². The predicted octanol–water partition coefficient (Wildman–Crippen LogP) is 3.38. The molecule has 1 amide bonds. The lowest BCUT2D eigenvalue weighted by atomic mass is 9.99. The van der Waals surface area contributed by atoms with Crippen LogP contribution in [0.25, 0.3) is 0 Å². The first-order valence-corrected chi connectivity index (χ1v) is 11.7. The van der Waals surface area contributed by atoms with E-state index in [1.165, 1.54) is 0 Å². The van der Waals surface area contributed by atoms with Crippen LogP contribution in [0, 0.1) is 0 Å². The number of anilines is 1. The minimum Gasteiger partial charge on any atom is -0.348 e. The van der Waals surface area contributed by atoms with E-state index in [1.54, 1.807) is 6.20 Å². The van der Waals surface area contributed by atoms with E-state index in [2.05, 4.69) is 45.4 Å². The highest BCUT2D eigenvalue weighted by atomic mass is 16.2. The van der Waals surface area contributed by atoms with Gasteiger partial charge in [-0.1, -0.05) is 67.2 Å². The lowest BCUT2D eigenvalue weighted by Crippen LogP contribution is -2.45. The summed E-state index contributed by atoms with van der Waals surface area (Å²) < 4.78 is 0. The summed E-state index contributed by atoms with van der Waals surface area (Å²) >= 11 is 0. The predicted molar refractivity (Wildman–Crippen MR) is 133 cm³/mol. The first kappa shape index (κ1) is 22.1. The van der Waals surface area contributed by atoms with Crippen LogP contribution in [-0.2, 0) is 6.54 Å². The number of amides is 1. The van der Waals surface area contributed by atoms with Gasteiger partial charge in [0.15, 0.2) is 0 Å². The van der Waals surface area contributed by atoms with Gasteiger partial charge in [0.25, 0.3) is 5.91 Å². The van der Waals surface area contributed by atoms with Gasteiger partial charge in [-0.05, 0) is 24.4 Å². The van der Waals surface area contributed by atoms with Crippen LogP contribution in [-0.4, -0.2) is 70.5 Å². The molecule has 0 radical (unpaired) electrons. The Morgan fingerprint density at radius 1 is 1.00 bits per heavy atom. The molecule has 0 N–H and O–H groups in total. The molecule has 1 atom stereocenters. The van der Waals surface area contributed by atoms with Gasteiger partial charge in [0.2, 0.25) is 5.95 Å². The molecule has 0 saturated carbocycles. The minimum absolute atomic E-state index is 0.0611. The number of benzene rings is 2. The summed E-state index contributed by atoms with van der Waals surface area (Å²) in [7, 11) is 2.13. The van der Waals surface area contributed by atoms with Crippen molar-refractivity contribution in [1.29, 1.82) is 0 Å².